The highest BCUT2D eigenvalue weighted by Crippen LogP contribution is 2.32. The Balaban J connectivity index is 2.88. The number of aromatic hydroxyl groups is 2. The minimum absolute atomic E-state index is 0.0643. The third-order valence-corrected chi connectivity index (χ3v) is 3.09. The van der Waals surface area contributed by atoms with E-state index in [1.807, 2.05) is 0 Å². The van der Waals surface area contributed by atoms with E-state index < -0.39 is 36.9 Å². The minimum atomic E-state index is -1.16. The van der Waals surface area contributed by atoms with Crippen LogP contribution in [0, 0.1) is 0 Å². The molecule has 0 aliphatic carbocycles. The van der Waals surface area contributed by atoms with E-state index in [2.05, 4.69) is 0 Å². The number of carbonyl (C=O) groups is 2. The molecule has 0 bridgehead atoms. The monoisotopic (exact) mass is 313 g/mol. The van der Waals surface area contributed by atoms with Gasteiger partial charge in [-0.1, -0.05) is 0 Å². The molecule has 0 heterocycles. The Morgan fingerprint density at radius 1 is 1.14 bits per heavy atom. The Morgan fingerprint density at radius 2 is 1.68 bits per heavy atom. The van der Waals surface area contributed by atoms with Crippen molar-refractivity contribution in [2.75, 3.05) is 19.6 Å². The van der Waals surface area contributed by atoms with Gasteiger partial charge in [0, 0.05) is 6.54 Å². The van der Waals surface area contributed by atoms with E-state index >= 15 is 0 Å². The summed E-state index contributed by atoms with van der Waals surface area (Å²) in [6, 6.07) is 2.72. The van der Waals surface area contributed by atoms with Crippen molar-refractivity contribution in [1.29, 1.82) is 0 Å². The zero-order valence-corrected chi connectivity index (χ0v) is 12.1. The maximum Gasteiger partial charge on any atom is 0.317 e. The lowest BCUT2D eigenvalue weighted by molar-refractivity contribution is -0.141. The molecular formula is C14H19NO7. The average Bonchev–Trinajstić information content (AvgIpc) is 2.38. The first-order valence-corrected chi connectivity index (χ1v) is 6.59. The van der Waals surface area contributed by atoms with Gasteiger partial charge in [-0.15, -0.1) is 0 Å². The van der Waals surface area contributed by atoms with Crippen molar-refractivity contribution in [2.45, 2.75) is 19.4 Å². The molecule has 0 spiro atoms. The van der Waals surface area contributed by atoms with Crippen molar-refractivity contribution < 1.29 is 35.1 Å². The molecule has 122 valence electrons. The summed E-state index contributed by atoms with van der Waals surface area (Å²) in [5.41, 5.74) is 0.699. The molecule has 22 heavy (non-hydrogen) atoms. The van der Waals surface area contributed by atoms with Crippen LogP contribution in [0.25, 0.3) is 0 Å². The number of hydrogen-bond acceptors (Lipinski definition) is 6. The van der Waals surface area contributed by atoms with Crippen LogP contribution in [0.1, 0.15) is 24.2 Å². The molecule has 0 aromatic heterocycles. The van der Waals surface area contributed by atoms with Crippen LogP contribution in [-0.4, -0.2) is 62.0 Å². The van der Waals surface area contributed by atoms with Gasteiger partial charge in [-0.3, -0.25) is 14.5 Å². The fourth-order valence-electron chi connectivity index (χ4n) is 2.01. The van der Waals surface area contributed by atoms with Gasteiger partial charge in [0.05, 0.1) is 19.2 Å². The second-order valence-corrected chi connectivity index (χ2v) is 4.97. The highest BCUT2D eigenvalue weighted by Gasteiger charge is 2.16. The van der Waals surface area contributed by atoms with Gasteiger partial charge in [-0.25, -0.2) is 0 Å². The van der Waals surface area contributed by atoms with Crippen LogP contribution in [0.15, 0.2) is 12.1 Å². The van der Waals surface area contributed by atoms with Gasteiger partial charge < -0.3 is 25.5 Å². The summed E-state index contributed by atoms with van der Waals surface area (Å²) in [5.74, 6) is -3.08. The lowest BCUT2D eigenvalue weighted by Crippen LogP contribution is -2.36. The van der Waals surface area contributed by atoms with Crippen molar-refractivity contribution >= 4 is 11.9 Å². The molecule has 0 aliphatic rings. The molecule has 8 nitrogen and oxygen atoms in total. The number of aliphatic hydroxyl groups is 1. The van der Waals surface area contributed by atoms with Crippen LogP contribution in [0.5, 0.6) is 11.5 Å². The summed E-state index contributed by atoms with van der Waals surface area (Å²) in [7, 11) is 0. The van der Waals surface area contributed by atoms with E-state index in [0.29, 0.717) is 11.1 Å². The van der Waals surface area contributed by atoms with E-state index in [4.69, 9.17) is 10.2 Å². The predicted octanol–water partition coefficient (Wildman–Crippen LogP) is 0.165. The van der Waals surface area contributed by atoms with Crippen molar-refractivity contribution in [1.82, 2.24) is 4.90 Å². The molecule has 0 aliphatic heterocycles. The van der Waals surface area contributed by atoms with Crippen LogP contribution < -0.4 is 0 Å². The molecule has 1 atom stereocenters. The van der Waals surface area contributed by atoms with Gasteiger partial charge in [0.2, 0.25) is 0 Å². The zero-order chi connectivity index (χ0) is 16.9. The summed E-state index contributed by atoms with van der Waals surface area (Å²) in [6.45, 7) is 0.663. The van der Waals surface area contributed by atoms with Gasteiger partial charge in [0.25, 0.3) is 0 Å². The zero-order valence-electron chi connectivity index (χ0n) is 12.1. The lowest BCUT2D eigenvalue weighted by atomic mass is 10.0. The maximum absolute atomic E-state index is 10.7. The Bertz CT molecular complexity index is 540. The Morgan fingerprint density at radius 3 is 2.14 bits per heavy atom. The van der Waals surface area contributed by atoms with Crippen LogP contribution in [0.4, 0.5) is 0 Å². The number of phenols is 2. The largest absolute Gasteiger partial charge is 0.504 e. The standard InChI is InChI=1S/C14H19NO7/c1-8(16)10-4-9(14(22)11(17)5-10)2-3-15(6-12(18)19)7-13(20)21/h4-5,8,16-17,22H,2-3,6-7H2,1H3,(H,18,19)(H,20,21). The van der Waals surface area contributed by atoms with Crippen LogP contribution in [0.2, 0.25) is 0 Å². The number of carboxylic acid groups (broad SMARTS) is 2. The highest BCUT2D eigenvalue weighted by atomic mass is 16.4. The van der Waals surface area contributed by atoms with Gasteiger partial charge in [-0.2, -0.15) is 0 Å². The van der Waals surface area contributed by atoms with Crippen molar-refractivity contribution in [3.8, 4) is 11.5 Å². The average molecular weight is 313 g/mol. The third-order valence-electron chi connectivity index (χ3n) is 3.09. The van der Waals surface area contributed by atoms with Crippen molar-refractivity contribution in [3.05, 3.63) is 23.3 Å². The van der Waals surface area contributed by atoms with E-state index in [1.165, 1.54) is 24.0 Å². The number of aliphatic carboxylic acids is 2. The first-order chi connectivity index (χ1) is 10.2. The maximum atomic E-state index is 10.7. The van der Waals surface area contributed by atoms with Crippen molar-refractivity contribution in [3.63, 3.8) is 0 Å². The van der Waals surface area contributed by atoms with Crippen LogP contribution >= 0.6 is 0 Å². The molecule has 1 aromatic rings. The SMILES string of the molecule is CC(O)c1cc(O)c(O)c(CCN(CC(=O)O)CC(=O)O)c1. The molecule has 0 fully saturated rings. The first-order valence-electron chi connectivity index (χ1n) is 6.59. The predicted molar refractivity (Wildman–Crippen MR) is 75.8 cm³/mol. The smallest absolute Gasteiger partial charge is 0.317 e. The fraction of sp³-hybridized carbons (Fsp3) is 0.429. The van der Waals surface area contributed by atoms with Gasteiger partial charge in [-0.05, 0) is 36.6 Å². The second kappa shape index (κ2) is 7.62. The summed E-state index contributed by atoms with van der Waals surface area (Å²) in [5, 5.41) is 46.4. The number of hydrogen-bond donors (Lipinski definition) is 5. The molecule has 1 unspecified atom stereocenters. The number of carboxylic acids is 2. The summed E-state index contributed by atoms with van der Waals surface area (Å²) in [4.78, 5) is 22.6. The molecule has 0 saturated carbocycles. The topological polar surface area (TPSA) is 139 Å². The van der Waals surface area contributed by atoms with E-state index in [1.54, 1.807) is 0 Å². The number of rotatable bonds is 8. The molecule has 0 radical (unpaired) electrons. The van der Waals surface area contributed by atoms with E-state index in [9.17, 15) is 24.9 Å². The number of aliphatic hydroxyl groups excluding tert-OH is 1. The van der Waals surface area contributed by atoms with Gasteiger partial charge >= 0.3 is 11.9 Å². The van der Waals surface area contributed by atoms with Gasteiger partial charge in [0.15, 0.2) is 11.5 Å². The quantitative estimate of drug-likeness (QED) is 0.428. The van der Waals surface area contributed by atoms with E-state index in [-0.39, 0.29) is 18.7 Å². The Hall–Kier alpha value is -2.32. The molecule has 8 heteroatoms. The van der Waals surface area contributed by atoms with Gasteiger partial charge in [0.1, 0.15) is 0 Å². The number of benzene rings is 1. The van der Waals surface area contributed by atoms with E-state index in [0.717, 1.165) is 0 Å². The van der Waals surface area contributed by atoms with Crippen LogP contribution in [-0.2, 0) is 16.0 Å². The number of nitrogens with zero attached hydrogens (tertiary/aromatic N) is 1. The third kappa shape index (κ3) is 5.23. The lowest BCUT2D eigenvalue weighted by Gasteiger charge is -2.19. The first kappa shape index (κ1) is 17.7. The molecular weight excluding hydrogens is 294 g/mol. The fourth-order valence-corrected chi connectivity index (χ4v) is 2.01. The number of phenolic OH excluding ortho intramolecular Hbond substituents is 2. The summed E-state index contributed by atoms with van der Waals surface area (Å²) >= 11 is 0. The molecule has 0 saturated heterocycles. The summed E-state index contributed by atoms with van der Waals surface area (Å²) in [6.07, 6.45) is -0.722. The molecule has 0 amide bonds. The molecule has 1 rings (SSSR count). The Labute approximate surface area is 126 Å². The minimum Gasteiger partial charge on any atom is -0.504 e. The molecule has 1 aromatic carbocycles. The van der Waals surface area contributed by atoms with Crippen LogP contribution in [0.3, 0.4) is 0 Å². The summed E-state index contributed by atoms with van der Waals surface area (Å²) < 4.78 is 0. The second-order valence-electron chi connectivity index (χ2n) is 4.97. The normalized spacial score (nSPS) is 12.3. The molecule has 5 N–H and O–H groups in total. The van der Waals surface area contributed by atoms with Crippen molar-refractivity contribution in [2.24, 2.45) is 0 Å². The highest BCUT2D eigenvalue weighted by molar-refractivity contribution is 5.72. The Kier molecular flexibility index (Phi) is 6.14.